The fourth-order valence-electron chi connectivity index (χ4n) is 2.83. The maximum absolute atomic E-state index is 12.7. The summed E-state index contributed by atoms with van der Waals surface area (Å²) in [6.45, 7) is 0. The van der Waals surface area contributed by atoms with Crippen LogP contribution in [0.2, 0.25) is 0 Å². The van der Waals surface area contributed by atoms with Crippen LogP contribution in [0.3, 0.4) is 0 Å². The second kappa shape index (κ2) is 6.49. The van der Waals surface area contributed by atoms with Gasteiger partial charge in [-0.3, -0.25) is 9.36 Å². The number of rotatable bonds is 3. The third kappa shape index (κ3) is 2.92. The average Bonchev–Trinajstić information content (AvgIpc) is 3.17. The van der Waals surface area contributed by atoms with Crippen molar-refractivity contribution in [2.24, 2.45) is 0 Å². The van der Waals surface area contributed by atoms with Crippen LogP contribution in [0.25, 0.3) is 5.82 Å². The first-order chi connectivity index (χ1) is 11.8. The van der Waals surface area contributed by atoms with Gasteiger partial charge in [0.25, 0.3) is 5.91 Å². The second-order valence-electron chi connectivity index (χ2n) is 5.57. The quantitative estimate of drug-likeness (QED) is 0.798. The Morgan fingerprint density at radius 2 is 2.17 bits per heavy atom. The zero-order valence-corrected chi connectivity index (χ0v) is 13.7. The number of aromatic nitrogens is 3. The van der Waals surface area contributed by atoms with Gasteiger partial charge in [0.05, 0.1) is 6.04 Å². The molecule has 5 nitrogen and oxygen atoms in total. The minimum Gasteiger partial charge on any atom is -0.345 e. The number of imidazole rings is 1. The molecule has 120 valence electrons. The Balaban J connectivity index is 1.56. The number of hydrogen-bond acceptors (Lipinski definition) is 4. The summed E-state index contributed by atoms with van der Waals surface area (Å²) >= 11 is 1.84. The van der Waals surface area contributed by atoms with Crippen molar-refractivity contribution in [1.29, 1.82) is 0 Å². The maximum atomic E-state index is 12.7. The monoisotopic (exact) mass is 336 g/mol. The minimum atomic E-state index is -0.0783. The number of benzene rings is 1. The molecule has 4 rings (SSSR count). The number of carbonyl (C=O) groups is 1. The van der Waals surface area contributed by atoms with Crippen LogP contribution in [0.15, 0.2) is 66.2 Å². The molecule has 2 aromatic heterocycles. The molecule has 0 bridgehead atoms. The van der Waals surface area contributed by atoms with Crippen LogP contribution >= 0.6 is 11.8 Å². The van der Waals surface area contributed by atoms with E-state index in [0.717, 1.165) is 12.2 Å². The van der Waals surface area contributed by atoms with E-state index < -0.39 is 0 Å². The molecule has 0 radical (unpaired) electrons. The molecule has 1 amide bonds. The first kappa shape index (κ1) is 15.0. The molecule has 6 heteroatoms. The van der Waals surface area contributed by atoms with Crippen molar-refractivity contribution >= 4 is 17.7 Å². The molecular weight excluding hydrogens is 320 g/mol. The number of thioether (sulfide) groups is 1. The Kier molecular flexibility index (Phi) is 4.04. The van der Waals surface area contributed by atoms with Crippen LogP contribution in [0, 0.1) is 0 Å². The maximum Gasteiger partial charge on any atom is 0.251 e. The molecule has 0 fully saturated rings. The predicted molar refractivity (Wildman–Crippen MR) is 93.3 cm³/mol. The molecular formula is C18H16N4OS. The molecule has 3 aromatic rings. The van der Waals surface area contributed by atoms with Crippen molar-refractivity contribution in [3.8, 4) is 5.82 Å². The number of carbonyl (C=O) groups excluding carboxylic acids is 1. The summed E-state index contributed by atoms with van der Waals surface area (Å²) in [6, 6.07) is 11.8. The summed E-state index contributed by atoms with van der Waals surface area (Å²) in [5.74, 6) is 1.61. The average molecular weight is 336 g/mol. The van der Waals surface area contributed by atoms with Crippen LogP contribution in [0.1, 0.15) is 28.4 Å². The van der Waals surface area contributed by atoms with Crippen molar-refractivity contribution in [3.05, 3.63) is 72.4 Å². The van der Waals surface area contributed by atoms with Crippen LogP contribution in [0.4, 0.5) is 0 Å². The summed E-state index contributed by atoms with van der Waals surface area (Å²) in [4.78, 5) is 22.2. The Hall–Kier alpha value is -2.60. The molecule has 1 aliphatic heterocycles. The Labute approximate surface area is 144 Å². The van der Waals surface area contributed by atoms with Gasteiger partial charge in [-0.25, -0.2) is 9.97 Å². The molecule has 0 saturated heterocycles. The van der Waals surface area contributed by atoms with E-state index in [9.17, 15) is 4.79 Å². The van der Waals surface area contributed by atoms with E-state index in [1.807, 2.05) is 23.9 Å². The van der Waals surface area contributed by atoms with Crippen molar-refractivity contribution in [2.45, 2.75) is 17.4 Å². The predicted octanol–water partition coefficient (Wildman–Crippen LogP) is 3.23. The van der Waals surface area contributed by atoms with Gasteiger partial charge in [-0.05, 0) is 30.2 Å². The lowest BCUT2D eigenvalue weighted by Gasteiger charge is -2.25. The fraction of sp³-hybridized carbons (Fsp3) is 0.167. The Morgan fingerprint density at radius 3 is 3.04 bits per heavy atom. The molecule has 0 saturated carbocycles. The molecule has 1 unspecified atom stereocenters. The lowest BCUT2D eigenvalue weighted by molar-refractivity contribution is 0.0935. The van der Waals surface area contributed by atoms with Crippen LogP contribution < -0.4 is 5.32 Å². The highest BCUT2D eigenvalue weighted by atomic mass is 32.2. The summed E-state index contributed by atoms with van der Waals surface area (Å²) in [7, 11) is 0. The highest BCUT2D eigenvalue weighted by molar-refractivity contribution is 7.99. The van der Waals surface area contributed by atoms with Gasteiger partial charge in [-0.2, -0.15) is 0 Å². The summed E-state index contributed by atoms with van der Waals surface area (Å²) in [6.07, 6.45) is 7.74. The Bertz CT molecular complexity index is 863. The van der Waals surface area contributed by atoms with E-state index >= 15 is 0 Å². The van der Waals surface area contributed by atoms with Gasteiger partial charge >= 0.3 is 0 Å². The topological polar surface area (TPSA) is 59.8 Å². The normalized spacial score (nSPS) is 16.4. The van der Waals surface area contributed by atoms with E-state index in [1.54, 1.807) is 41.6 Å². The summed E-state index contributed by atoms with van der Waals surface area (Å²) < 4.78 is 1.78. The van der Waals surface area contributed by atoms with Crippen LogP contribution in [-0.4, -0.2) is 26.2 Å². The molecule has 24 heavy (non-hydrogen) atoms. The zero-order chi connectivity index (χ0) is 16.4. The van der Waals surface area contributed by atoms with E-state index in [1.165, 1.54) is 10.5 Å². The zero-order valence-electron chi connectivity index (χ0n) is 12.9. The van der Waals surface area contributed by atoms with Gasteiger partial charge in [0, 0.05) is 34.8 Å². The number of fused-ring (bicyclic) bond motifs is 1. The number of pyridine rings is 1. The minimum absolute atomic E-state index is 0.0554. The van der Waals surface area contributed by atoms with Gasteiger partial charge < -0.3 is 5.32 Å². The van der Waals surface area contributed by atoms with Gasteiger partial charge in [-0.1, -0.05) is 18.2 Å². The van der Waals surface area contributed by atoms with Gasteiger partial charge in [-0.15, -0.1) is 11.8 Å². The van der Waals surface area contributed by atoms with Crippen molar-refractivity contribution in [3.63, 3.8) is 0 Å². The van der Waals surface area contributed by atoms with Crippen molar-refractivity contribution in [2.75, 3.05) is 5.75 Å². The summed E-state index contributed by atoms with van der Waals surface area (Å²) in [5, 5.41) is 3.16. The molecule has 1 aromatic carbocycles. The Morgan fingerprint density at radius 1 is 1.25 bits per heavy atom. The molecule has 0 aliphatic carbocycles. The number of nitrogens with one attached hydrogen (secondary N) is 1. The van der Waals surface area contributed by atoms with Gasteiger partial charge in [0.2, 0.25) is 0 Å². The van der Waals surface area contributed by atoms with Crippen LogP contribution in [-0.2, 0) is 0 Å². The second-order valence-corrected chi connectivity index (χ2v) is 6.71. The lowest BCUT2D eigenvalue weighted by Crippen LogP contribution is -2.30. The van der Waals surface area contributed by atoms with Crippen molar-refractivity contribution < 1.29 is 4.79 Å². The molecule has 1 N–H and O–H groups in total. The van der Waals surface area contributed by atoms with Crippen molar-refractivity contribution in [1.82, 2.24) is 19.9 Å². The van der Waals surface area contributed by atoms with Gasteiger partial charge in [0.1, 0.15) is 12.1 Å². The van der Waals surface area contributed by atoms with E-state index in [0.29, 0.717) is 11.4 Å². The number of hydrogen-bond donors (Lipinski definition) is 1. The highest BCUT2D eigenvalue weighted by Gasteiger charge is 2.22. The van der Waals surface area contributed by atoms with E-state index in [-0.39, 0.29) is 11.9 Å². The SMILES string of the molecule is O=C(NC1CCSc2ccccc21)c1ccnc(-n2ccnc2)c1. The molecule has 1 atom stereocenters. The first-order valence-corrected chi connectivity index (χ1v) is 8.77. The third-order valence-electron chi connectivity index (χ3n) is 4.04. The molecule has 1 aliphatic rings. The van der Waals surface area contributed by atoms with Crippen LogP contribution in [0.5, 0.6) is 0 Å². The highest BCUT2D eigenvalue weighted by Crippen LogP contribution is 2.35. The van der Waals surface area contributed by atoms with E-state index in [2.05, 4.69) is 27.4 Å². The smallest absolute Gasteiger partial charge is 0.251 e. The van der Waals surface area contributed by atoms with E-state index in [4.69, 9.17) is 0 Å². The van der Waals surface area contributed by atoms with Gasteiger partial charge in [0.15, 0.2) is 0 Å². The largest absolute Gasteiger partial charge is 0.345 e. The summed E-state index contributed by atoms with van der Waals surface area (Å²) in [5.41, 5.74) is 1.80. The number of nitrogens with zero attached hydrogens (tertiary/aromatic N) is 3. The molecule has 3 heterocycles. The lowest BCUT2D eigenvalue weighted by atomic mass is 10.0. The standard InChI is InChI=1S/C18H16N4OS/c23-18(13-5-7-20-17(11-13)22-9-8-19-12-22)21-15-6-10-24-16-4-2-1-3-14(15)16/h1-5,7-9,11-12,15H,6,10H2,(H,21,23). The first-order valence-electron chi connectivity index (χ1n) is 7.78. The fourth-order valence-corrected chi connectivity index (χ4v) is 3.95. The molecule has 0 spiro atoms. The number of amides is 1. The third-order valence-corrected chi connectivity index (χ3v) is 5.16.